The molecule has 0 bridgehead atoms. The molecule has 2 N–H and O–H groups in total. The molecule has 2 aromatic heterocycles. The molecule has 2 atom stereocenters. The number of pyridine rings is 2. The SMILES string of the molecule is O=C(O)[C@H]1CCCN1[S+]([O-])c1ccc(C#Cc2ccc(-c3cc(N4C(=O)CNC4=S)c4cnccc4n3)cc2)cc1. The number of nitrogens with one attached hydrogen (secondary N) is 1. The van der Waals surface area contributed by atoms with Crippen molar-refractivity contribution in [3.63, 3.8) is 0 Å². The second-order valence-corrected chi connectivity index (χ2v) is 11.4. The molecule has 1 amide bonds. The van der Waals surface area contributed by atoms with Crippen molar-refractivity contribution in [3.8, 4) is 23.1 Å². The van der Waals surface area contributed by atoms with Crippen LogP contribution in [0, 0.1) is 11.8 Å². The average molecular weight is 582 g/mol. The smallest absolute Gasteiger partial charge is 0.325 e. The summed E-state index contributed by atoms with van der Waals surface area (Å²) in [6, 6.07) is 17.6. The van der Waals surface area contributed by atoms with Gasteiger partial charge in [0.2, 0.25) is 0 Å². The molecule has 1 unspecified atom stereocenters. The van der Waals surface area contributed by atoms with Crippen LogP contribution in [0.25, 0.3) is 22.2 Å². The fourth-order valence-electron chi connectivity index (χ4n) is 4.89. The zero-order valence-electron chi connectivity index (χ0n) is 21.6. The molecule has 2 aliphatic rings. The molecule has 0 saturated carbocycles. The summed E-state index contributed by atoms with van der Waals surface area (Å²) < 4.78 is 14.4. The fourth-order valence-corrected chi connectivity index (χ4v) is 6.53. The van der Waals surface area contributed by atoms with E-state index in [0.29, 0.717) is 46.3 Å². The number of carboxylic acid groups (broad SMARTS) is 1. The van der Waals surface area contributed by atoms with Gasteiger partial charge in [-0.05, 0) is 73.6 Å². The third-order valence-electron chi connectivity index (χ3n) is 6.96. The van der Waals surface area contributed by atoms with Crippen molar-refractivity contribution < 1.29 is 19.2 Å². The van der Waals surface area contributed by atoms with Crippen molar-refractivity contribution in [2.45, 2.75) is 23.8 Å². The normalized spacial score (nSPS) is 17.8. The first kappa shape index (κ1) is 26.9. The lowest BCUT2D eigenvalue weighted by atomic mass is 10.1. The maximum Gasteiger partial charge on any atom is 0.325 e. The zero-order chi connectivity index (χ0) is 28.5. The van der Waals surface area contributed by atoms with Gasteiger partial charge in [-0.1, -0.05) is 24.0 Å². The molecule has 0 radical (unpaired) electrons. The molecule has 2 fully saturated rings. The Hall–Kier alpha value is -4.34. The van der Waals surface area contributed by atoms with Crippen LogP contribution in [0.15, 0.2) is 78.0 Å². The number of amides is 1. The van der Waals surface area contributed by atoms with E-state index in [1.165, 1.54) is 9.21 Å². The maximum absolute atomic E-state index is 12.9. The number of aliphatic carboxylic acids is 1. The molecule has 9 nitrogen and oxygen atoms in total. The number of hydrogen-bond donors (Lipinski definition) is 2. The minimum Gasteiger partial charge on any atom is -0.593 e. The molecule has 41 heavy (non-hydrogen) atoms. The number of rotatable bonds is 5. The predicted octanol–water partition coefficient (Wildman–Crippen LogP) is 3.49. The Morgan fingerprint density at radius 3 is 2.46 bits per heavy atom. The topological polar surface area (TPSA) is 122 Å². The molecule has 0 aliphatic carbocycles. The van der Waals surface area contributed by atoms with Crippen molar-refractivity contribution in [1.82, 2.24) is 19.6 Å². The standard InChI is InChI=1S/C30H23N5O4S2/c36-28-18-32-30(40)35(28)27-16-25(33-24-13-14-31-17-23(24)27)21-9-5-19(6-10-21)3-4-20-7-11-22(12-8-20)41(39)34-15-1-2-26(34)29(37)38/h5-14,16-17,26H,1-2,15,18H2,(H,32,40)(H,37,38)/t26-,41?/m1/s1. The van der Waals surface area contributed by atoms with Gasteiger partial charge in [-0.25, -0.2) is 4.98 Å². The van der Waals surface area contributed by atoms with Gasteiger partial charge in [-0.2, -0.15) is 0 Å². The molecule has 2 aromatic carbocycles. The highest BCUT2D eigenvalue weighted by Crippen LogP contribution is 2.32. The number of carboxylic acids is 1. The number of benzene rings is 2. The number of thiocarbonyl (C=S) groups is 1. The third kappa shape index (κ3) is 5.38. The zero-order valence-corrected chi connectivity index (χ0v) is 23.2. The van der Waals surface area contributed by atoms with Crippen molar-refractivity contribution in [3.05, 3.63) is 84.2 Å². The van der Waals surface area contributed by atoms with E-state index in [0.717, 1.165) is 22.1 Å². The molecule has 2 aliphatic heterocycles. The van der Waals surface area contributed by atoms with Crippen molar-refractivity contribution in [2.75, 3.05) is 18.0 Å². The van der Waals surface area contributed by atoms with Crippen LogP contribution in [-0.2, 0) is 21.0 Å². The molecule has 6 rings (SSSR count). The molecule has 0 spiro atoms. The predicted molar refractivity (Wildman–Crippen MR) is 159 cm³/mol. The Labute approximate surface area is 244 Å². The Balaban J connectivity index is 1.21. The van der Waals surface area contributed by atoms with E-state index >= 15 is 0 Å². The van der Waals surface area contributed by atoms with Crippen LogP contribution >= 0.6 is 12.2 Å². The van der Waals surface area contributed by atoms with E-state index < -0.39 is 23.4 Å². The summed E-state index contributed by atoms with van der Waals surface area (Å²) in [5.41, 5.74) is 4.43. The number of hydrogen-bond acceptors (Lipinski definition) is 7. The summed E-state index contributed by atoms with van der Waals surface area (Å²) in [4.78, 5) is 35.0. The molecular weight excluding hydrogens is 558 g/mol. The van der Waals surface area contributed by atoms with E-state index in [9.17, 15) is 19.2 Å². The highest BCUT2D eigenvalue weighted by Gasteiger charge is 2.39. The van der Waals surface area contributed by atoms with Crippen molar-refractivity contribution in [2.24, 2.45) is 0 Å². The Bertz CT molecular complexity index is 1720. The lowest BCUT2D eigenvalue weighted by Crippen LogP contribution is -2.40. The first-order chi connectivity index (χ1) is 19.9. The Morgan fingerprint density at radius 1 is 1.10 bits per heavy atom. The van der Waals surface area contributed by atoms with E-state index in [1.54, 1.807) is 42.7 Å². The number of aromatic nitrogens is 2. The second-order valence-electron chi connectivity index (χ2n) is 9.55. The quantitative estimate of drug-likeness (QED) is 0.207. The highest BCUT2D eigenvalue weighted by atomic mass is 32.2. The van der Waals surface area contributed by atoms with E-state index in [4.69, 9.17) is 17.2 Å². The molecule has 2 saturated heterocycles. The number of carbonyl (C=O) groups is 2. The van der Waals surface area contributed by atoms with Crippen molar-refractivity contribution >= 4 is 57.2 Å². The monoisotopic (exact) mass is 581 g/mol. The fraction of sp³-hybridized carbons (Fsp3) is 0.167. The molecule has 11 heteroatoms. The summed E-state index contributed by atoms with van der Waals surface area (Å²) in [5, 5.41) is 13.4. The van der Waals surface area contributed by atoms with Gasteiger partial charge >= 0.3 is 5.97 Å². The number of nitrogens with zero attached hydrogens (tertiary/aromatic N) is 4. The van der Waals surface area contributed by atoms with E-state index in [-0.39, 0.29) is 12.5 Å². The van der Waals surface area contributed by atoms with Gasteiger partial charge in [0.05, 0.1) is 34.8 Å². The first-order valence-electron chi connectivity index (χ1n) is 12.9. The summed E-state index contributed by atoms with van der Waals surface area (Å²) in [6.07, 6.45) is 4.55. The summed E-state index contributed by atoms with van der Waals surface area (Å²) >= 11 is 3.84. The van der Waals surface area contributed by atoms with Gasteiger partial charge in [-0.15, -0.1) is 4.31 Å². The minimum atomic E-state index is -1.53. The van der Waals surface area contributed by atoms with Crippen LogP contribution in [0.5, 0.6) is 0 Å². The second kappa shape index (κ2) is 11.3. The molecular formula is C30H23N5O4S2. The van der Waals surface area contributed by atoms with Gasteiger partial charge in [-0.3, -0.25) is 19.5 Å². The van der Waals surface area contributed by atoms with Gasteiger partial charge in [0.15, 0.2) is 16.0 Å². The van der Waals surface area contributed by atoms with E-state index in [1.807, 2.05) is 30.3 Å². The molecule has 4 heterocycles. The highest BCUT2D eigenvalue weighted by molar-refractivity contribution is 7.89. The van der Waals surface area contributed by atoms with Crippen LogP contribution in [0.3, 0.4) is 0 Å². The third-order valence-corrected chi connectivity index (χ3v) is 8.83. The summed E-state index contributed by atoms with van der Waals surface area (Å²) in [5.74, 6) is 5.18. The van der Waals surface area contributed by atoms with Crippen molar-refractivity contribution in [1.29, 1.82) is 0 Å². The Kier molecular flexibility index (Phi) is 7.38. The lowest BCUT2D eigenvalue weighted by Gasteiger charge is -2.22. The van der Waals surface area contributed by atoms with Crippen LogP contribution in [0.4, 0.5) is 5.69 Å². The van der Waals surface area contributed by atoms with Crippen LogP contribution in [0.1, 0.15) is 24.0 Å². The maximum atomic E-state index is 12.9. The van der Waals surface area contributed by atoms with Crippen LogP contribution < -0.4 is 10.2 Å². The molecule has 4 aromatic rings. The van der Waals surface area contributed by atoms with Gasteiger partial charge in [0.1, 0.15) is 0 Å². The number of carbonyl (C=O) groups excluding carboxylic acids is 1. The van der Waals surface area contributed by atoms with Gasteiger partial charge in [0, 0.05) is 41.0 Å². The minimum absolute atomic E-state index is 0.136. The van der Waals surface area contributed by atoms with E-state index in [2.05, 4.69) is 22.1 Å². The van der Waals surface area contributed by atoms with Gasteiger partial charge in [0.25, 0.3) is 5.91 Å². The summed E-state index contributed by atoms with van der Waals surface area (Å²) in [7, 11) is 0. The first-order valence-corrected chi connectivity index (χ1v) is 14.4. The number of fused-ring (bicyclic) bond motifs is 1. The number of anilines is 1. The Morgan fingerprint density at radius 2 is 1.80 bits per heavy atom. The average Bonchev–Trinajstić information content (AvgIpc) is 3.62. The van der Waals surface area contributed by atoms with Crippen LogP contribution in [-0.4, -0.2) is 60.1 Å². The lowest BCUT2D eigenvalue weighted by molar-refractivity contribution is -0.140. The molecule has 204 valence electrons. The largest absolute Gasteiger partial charge is 0.593 e. The van der Waals surface area contributed by atoms with Crippen LogP contribution in [0.2, 0.25) is 0 Å². The summed E-state index contributed by atoms with van der Waals surface area (Å²) in [6.45, 7) is 0.644. The van der Waals surface area contributed by atoms with Gasteiger partial charge < -0.3 is 15.0 Å².